The molecule has 1 atom stereocenters. The fraction of sp³-hybridized carbons (Fsp3) is 0.462. The lowest BCUT2D eigenvalue weighted by Crippen LogP contribution is -2.37. The number of hydrogen-bond donors (Lipinski definition) is 3. The van der Waals surface area contributed by atoms with E-state index >= 15 is 0 Å². The molecule has 1 aromatic rings. The summed E-state index contributed by atoms with van der Waals surface area (Å²) in [6.45, 7) is 0.209. The van der Waals surface area contributed by atoms with Gasteiger partial charge >= 0.3 is 0 Å². The molecule has 18 heavy (non-hydrogen) atoms. The first-order valence-corrected chi connectivity index (χ1v) is 5.99. The lowest BCUT2D eigenvalue weighted by Gasteiger charge is -2.22. The average molecular weight is 252 g/mol. The lowest BCUT2D eigenvalue weighted by molar-refractivity contribution is -0.132. The van der Waals surface area contributed by atoms with Crippen LogP contribution in [0.15, 0.2) is 30.3 Å². The highest BCUT2D eigenvalue weighted by molar-refractivity contribution is 5.77. The minimum Gasteiger partial charge on any atom is -0.395 e. The lowest BCUT2D eigenvalue weighted by atomic mass is 10.0. The summed E-state index contributed by atoms with van der Waals surface area (Å²) in [5, 5.41) is 17.7. The van der Waals surface area contributed by atoms with Gasteiger partial charge in [0.15, 0.2) is 0 Å². The van der Waals surface area contributed by atoms with Crippen LogP contribution in [-0.4, -0.2) is 47.3 Å². The van der Waals surface area contributed by atoms with Gasteiger partial charge < -0.3 is 20.8 Å². The Hall–Kier alpha value is -1.43. The van der Waals surface area contributed by atoms with E-state index in [1.54, 1.807) is 0 Å². The van der Waals surface area contributed by atoms with Gasteiger partial charge in [-0.2, -0.15) is 0 Å². The Balaban J connectivity index is 2.57. The summed E-state index contributed by atoms with van der Waals surface area (Å²) in [4.78, 5) is 13.3. The molecule has 0 aliphatic heterocycles. The minimum absolute atomic E-state index is 0.119. The molecule has 1 rings (SSSR count). The first kappa shape index (κ1) is 14.6. The standard InChI is InChI=1S/C13H20N2O3/c14-12(11-4-2-1-3-5-11)10-13(18)15(6-8-16)7-9-17/h1-5,12,16-17H,6-10,14H2. The largest absolute Gasteiger partial charge is 0.395 e. The van der Waals surface area contributed by atoms with Gasteiger partial charge in [0.1, 0.15) is 0 Å². The zero-order valence-electron chi connectivity index (χ0n) is 10.3. The van der Waals surface area contributed by atoms with Gasteiger partial charge in [-0.1, -0.05) is 30.3 Å². The van der Waals surface area contributed by atoms with E-state index in [1.807, 2.05) is 30.3 Å². The Morgan fingerprint density at radius 3 is 2.22 bits per heavy atom. The molecule has 0 aromatic heterocycles. The molecule has 4 N–H and O–H groups in total. The number of carbonyl (C=O) groups excluding carboxylic acids is 1. The van der Waals surface area contributed by atoms with Gasteiger partial charge in [0.05, 0.1) is 13.2 Å². The molecule has 0 radical (unpaired) electrons. The van der Waals surface area contributed by atoms with Crippen LogP contribution in [0.25, 0.3) is 0 Å². The first-order valence-electron chi connectivity index (χ1n) is 5.99. The van der Waals surface area contributed by atoms with Crippen LogP contribution < -0.4 is 5.73 Å². The van der Waals surface area contributed by atoms with Crippen molar-refractivity contribution in [1.82, 2.24) is 4.90 Å². The molecular formula is C13H20N2O3. The summed E-state index contributed by atoms with van der Waals surface area (Å²) >= 11 is 0. The van der Waals surface area contributed by atoms with E-state index in [9.17, 15) is 4.79 Å². The molecule has 0 bridgehead atoms. The highest BCUT2D eigenvalue weighted by atomic mass is 16.3. The molecule has 1 amide bonds. The Bertz CT molecular complexity index is 351. The maximum atomic E-state index is 11.9. The molecule has 5 nitrogen and oxygen atoms in total. The third kappa shape index (κ3) is 4.44. The van der Waals surface area contributed by atoms with Crippen LogP contribution in [0, 0.1) is 0 Å². The van der Waals surface area contributed by atoms with E-state index in [0.717, 1.165) is 5.56 Å². The number of benzene rings is 1. The van der Waals surface area contributed by atoms with Crippen molar-refractivity contribution in [3.05, 3.63) is 35.9 Å². The second-order valence-corrected chi connectivity index (χ2v) is 4.05. The summed E-state index contributed by atoms with van der Waals surface area (Å²) < 4.78 is 0. The van der Waals surface area contributed by atoms with E-state index in [4.69, 9.17) is 15.9 Å². The molecule has 0 aliphatic rings. The van der Waals surface area contributed by atoms with E-state index < -0.39 is 0 Å². The summed E-state index contributed by atoms with van der Waals surface area (Å²) in [6.07, 6.45) is 0.171. The SMILES string of the molecule is NC(CC(=O)N(CCO)CCO)c1ccccc1. The van der Waals surface area contributed by atoms with Crippen LogP contribution in [0.2, 0.25) is 0 Å². The number of amides is 1. The van der Waals surface area contributed by atoms with E-state index in [0.29, 0.717) is 0 Å². The van der Waals surface area contributed by atoms with Crippen molar-refractivity contribution in [3.63, 3.8) is 0 Å². The Morgan fingerprint density at radius 2 is 1.72 bits per heavy atom. The molecule has 0 aliphatic carbocycles. The second-order valence-electron chi connectivity index (χ2n) is 4.05. The number of aliphatic hydroxyl groups is 2. The molecule has 0 fully saturated rings. The van der Waals surface area contributed by atoms with Crippen molar-refractivity contribution < 1.29 is 15.0 Å². The normalized spacial score (nSPS) is 12.2. The molecule has 0 spiro atoms. The van der Waals surface area contributed by atoms with Crippen LogP contribution in [0.1, 0.15) is 18.0 Å². The number of carbonyl (C=O) groups is 1. The smallest absolute Gasteiger partial charge is 0.224 e. The Kier molecular flexibility index (Phi) is 6.35. The van der Waals surface area contributed by atoms with Gasteiger partial charge in [-0.3, -0.25) is 4.79 Å². The van der Waals surface area contributed by atoms with Crippen molar-refractivity contribution in [2.24, 2.45) is 5.73 Å². The van der Waals surface area contributed by atoms with Gasteiger partial charge in [-0.25, -0.2) is 0 Å². The van der Waals surface area contributed by atoms with Crippen molar-refractivity contribution in [1.29, 1.82) is 0 Å². The highest BCUT2D eigenvalue weighted by Gasteiger charge is 2.17. The zero-order valence-corrected chi connectivity index (χ0v) is 10.3. The third-order valence-corrected chi connectivity index (χ3v) is 2.71. The molecular weight excluding hydrogens is 232 g/mol. The molecule has 0 saturated heterocycles. The maximum Gasteiger partial charge on any atom is 0.224 e. The van der Waals surface area contributed by atoms with Crippen LogP contribution >= 0.6 is 0 Å². The molecule has 100 valence electrons. The van der Waals surface area contributed by atoms with E-state index in [2.05, 4.69) is 0 Å². The summed E-state index contributed by atoms with van der Waals surface area (Å²) in [6, 6.07) is 9.03. The third-order valence-electron chi connectivity index (χ3n) is 2.71. The number of nitrogens with zero attached hydrogens (tertiary/aromatic N) is 1. The molecule has 1 unspecified atom stereocenters. The zero-order chi connectivity index (χ0) is 13.4. The summed E-state index contributed by atoms with van der Waals surface area (Å²) in [5.41, 5.74) is 6.86. The van der Waals surface area contributed by atoms with Crippen LogP contribution in [0.5, 0.6) is 0 Å². The van der Waals surface area contributed by atoms with Crippen LogP contribution in [0.3, 0.4) is 0 Å². The molecule has 0 saturated carbocycles. The van der Waals surface area contributed by atoms with Crippen molar-refractivity contribution in [2.45, 2.75) is 12.5 Å². The van der Waals surface area contributed by atoms with Crippen molar-refractivity contribution in [2.75, 3.05) is 26.3 Å². The average Bonchev–Trinajstić information content (AvgIpc) is 2.39. The molecule has 0 heterocycles. The van der Waals surface area contributed by atoms with Crippen molar-refractivity contribution >= 4 is 5.91 Å². The van der Waals surface area contributed by atoms with Crippen LogP contribution in [0.4, 0.5) is 0 Å². The quantitative estimate of drug-likeness (QED) is 0.632. The van der Waals surface area contributed by atoms with Gasteiger partial charge in [-0.05, 0) is 5.56 Å². The number of rotatable bonds is 7. The monoisotopic (exact) mass is 252 g/mol. The maximum absolute atomic E-state index is 11.9. The van der Waals surface area contributed by atoms with Gasteiger partial charge in [0.2, 0.25) is 5.91 Å². The number of hydrogen-bond acceptors (Lipinski definition) is 4. The Labute approximate surface area is 107 Å². The predicted octanol–water partition coefficient (Wildman–Crippen LogP) is -0.110. The molecule has 5 heteroatoms. The predicted molar refractivity (Wildman–Crippen MR) is 68.7 cm³/mol. The van der Waals surface area contributed by atoms with Crippen LogP contribution in [-0.2, 0) is 4.79 Å². The van der Waals surface area contributed by atoms with Gasteiger partial charge in [0, 0.05) is 25.6 Å². The first-order chi connectivity index (χ1) is 8.69. The van der Waals surface area contributed by atoms with Crippen molar-refractivity contribution in [3.8, 4) is 0 Å². The summed E-state index contributed by atoms with van der Waals surface area (Å²) in [5.74, 6) is -0.158. The number of nitrogens with two attached hydrogens (primary N) is 1. The van der Waals surface area contributed by atoms with Gasteiger partial charge in [-0.15, -0.1) is 0 Å². The van der Waals surface area contributed by atoms with Gasteiger partial charge in [0.25, 0.3) is 0 Å². The number of aliphatic hydroxyl groups excluding tert-OH is 2. The highest BCUT2D eigenvalue weighted by Crippen LogP contribution is 2.14. The fourth-order valence-corrected chi connectivity index (χ4v) is 1.74. The Morgan fingerprint density at radius 1 is 1.17 bits per heavy atom. The topological polar surface area (TPSA) is 86.8 Å². The van der Waals surface area contributed by atoms with E-state index in [1.165, 1.54) is 4.90 Å². The summed E-state index contributed by atoms with van der Waals surface area (Å²) in [7, 11) is 0. The minimum atomic E-state index is -0.362. The second kappa shape index (κ2) is 7.81. The molecule has 1 aromatic carbocycles. The fourth-order valence-electron chi connectivity index (χ4n) is 1.74. The van der Waals surface area contributed by atoms with E-state index in [-0.39, 0.29) is 44.7 Å².